The number of hydrogen-bond acceptors (Lipinski definition) is 4. The zero-order chi connectivity index (χ0) is 17.4. The summed E-state index contributed by atoms with van der Waals surface area (Å²) in [5, 5.41) is 13.0. The molecule has 2 aromatic rings. The first-order valence-electron chi connectivity index (χ1n) is 9.21. The molecular formula is C21H24N2O2. The fourth-order valence-corrected chi connectivity index (χ4v) is 5.69. The lowest BCUT2D eigenvalue weighted by Crippen LogP contribution is -2.76. The number of hydrogen-bond donors (Lipinski definition) is 1. The molecule has 4 heterocycles. The molecule has 6 rings (SSSR count). The predicted octanol–water partition coefficient (Wildman–Crippen LogP) is 3.16. The lowest BCUT2D eigenvalue weighted by atomic mass is 9.60. The second-order valence-electron chi connectivity index (χ2n) is 8.43. The van der Waals surface area contributed by atoms with Crippen LogP contribution in [0.3, 0.4) is 0 Å². The van der Waals surface area contributed by atoms with E-state index in [4.69, 9.17) is 0 Å². The van der Waals surface area contributed by atoms with Gasteiger partial charge in [0.15, 0.2) is 0 Å². The summed E-state index contributed by atoms with van der Waals surface area (Å²) < 4.78 is 0. The van der Waals surface area contributed by atoms with Gasteiger partial charge < -0.3 is 5.11 Å². The first-order valence-corrected chi connectivity index (χ1v) is 9.21. The maximum atomic E-state index is 13.1. The Bertz CT molecular complexity index is 875. The normalized spacial score (nSPS) is 39.3. The van der Waals surface area contributed by atoms with Crippen LogP contribution in [0.1, 0.15) is 32.0 Å². The highest BCUT2D eigenvalue weighted by Gasteiger charge is 2.63. The number of nitrogens with zero attached hydrogens (tertiary/aromatic N) is 2. The first-order chi connectivity index (χ1) is 12.0. The van der Waals surface area contributed by atoms with E-state index in [1.165, 1.54) is 0 Å². The number of carbonyl (C=O) groups excluding carboxylic acids is 1. The lowest BCUT2D eigenvalue weighted by molar-refractivity contribution is -0.200. The van der Waals surface area contributed by atoms with Crippen molar-refractivity contribution >= 4 is 16.6 Å². The van der Waals surface area contributed by atoms with Crippen LogP contribution < -0.4 is 0 Å². The van der Waals surface area contributed by atoms with E-state index in [1.54, 1.807) is 0 Å². The zero-order valence-electron chi connectivity index (χ0n) is 14.8. The maximum Gasteiger partial charge on any atom is 0.150 e. The predicted molar refractivity (Wildman–Crippen MR) is 97.3 cm³/mol. The van der Waals surface area contributed by atoms with Crippen LogP contribution in [-0.4, -0.2) is 46.9 Å². The van der Waals surface area contributed by atoms with Crippen LogP contribution in [0.5, 0.6) is 5.75 Å². The number of phenols is 1. The summed E-state index contributed by atoms with van der Waals surface area (Å²) in [6.07, 6.45) is 0.954. The maximum absolute atomic E-state index is 13.1. The highest BCUT2D eigenvalue weighted by atomic mass is 16.3. The third-order valence-electron chi connectivity index (χ3n) is 6.72. The fourth-order valence-electron chi connectivity index (χ4n) is 5.69. The minimum atomic E-state index is -0.275. The van der Waals surface area contributed by atoms with Crippen LogP contribution in [0.2, 0.25) is 0 Å². The Labute approximate surface area is 148 Å². The van der Waals surface area contributed by atoms with Crippen LogP contribution in [0.25, 0.3) is 10.8 Å². The van der Waals surface area contributed by atoms with Crippen molar-refractivity contribution in [2.24, 2.45) is 10.8 Å². The average Bonchev–Trinajstić information content (AvgIpc) is 2.60. The molecule has 0 saturated carbocycles. The number of carbonyl (C=O) groups is 1. The Morgan fingerprint density at radius 1 is 1.08 bits per heavy atom. The Kier molecular flexibility index (Phi) is 2.97. The largest absolute Gasteiger partial charge is 0.508 e. The standard InChI is InChI=1S/C21H24N2O2/c1-3-21-12-22-10-20(2,19(21)25)11-23(13-21)18(22)17-15-7-5-4-6-14(15)8-9-16(17)24/h4-9,18,24H,3,10-13H2,1-2H3. The summed E-state index contributed by atoms with van der Waals surface area (Å²) in [6, 6.07) is 12.1. The van der Waals surface area contributed by atoms with Gasteiger partial charge in [-0.1, -0.05) is 44.2 Å². The van der Waals surface area contributed by atoms with E-state index in [0.29, 0.717) is 11.5 Å². The quantitative estimate of drug-likeness (QED) is 0.915. The van der Waals surface area contributed by atoms with Crippen molar-refractivity contribution in [3.8, 4) is 5.75 Å². The number of aromatic hydroxyl groups is 1. The van der Waals surface area contributed by atoms with Crippen molar-refractivity contribution in [1.82, 2.24) is 9.80 Å². The Balaban J connectivity index is 1.67. The third-order valence-corrected chi connectivity index (χ3v) is 6.72. The monoisotopic (exact) mass is 336 g/mol. The molecule has 4 fully saturated rings. The molecule has 2 unspecified atom stereocenters. The van der Waals surface area contributed by atoms with E-state index in [0.717, 1.165) is 48.9 Å². The molecule has 0 aliphatic carbocycles. The van der Waals surface area contributed by atoms with Crippen molar-refractivity contribution in [1.29, 1.82) is 0 Å². The molecule has 4 aliphatic rings. The summed E-state index contributed by atoms with van der Waals surface area (Å²) in [5.74, 6) is 0.814. The van der Waals surface area contributed by atoms with Crippen LogP contribution in [0, 0.1) is 10.8 Å². The van der Waals surface area contributed by atoms with Gasteiger partial charge in [0.2, 0.25) is 0 Å². The zero-order valence-corrected chi connectivity index (χ0v) is 14.8. The van der Waals surface area contributed by atoms with E-state index in [2.05, 4.69) is 35.8 Å². The summed E-state index contributed by atoms with van der Waals surface area (Å²) in [6.45, 7) is 7.45. The number of fused-ring (bicyclic) bond motifs is 1. The van der Waals surface area contributed by atoms with Gasteiger partial charge in [0.05, 0.1) is 17.0 Å². The molecule has 4 saturated heterocycles. The molecule has 1 N–H and O–H groups in total. The molecule has 2 atom stereocenters. The first kappa shape index (κ1) is 15.4. The van der Waals surface area contributed by atoms with Crippen LogP contribution in [0.4, 0.5) is 0 Å². The number of benzene rings is 2. The van der Waals surface area contributed by atoms with Crippen molar-refractivity contribution < 1.29 is 9.90 Å². The molecular weight excluding hydrogens is 312 g/mol. The molecule has 0 aromatic heterocycles. The van der Waals surface area contributed by atoms with Crippen molar-refractivity contribution in [3.05, 3.63) is 42.0 Å². The van der Waals surface area contributed by atoms with Gasteiger partial charge in [0.25, 0.3) is 0 Å². The van der Waals surface area contributed by atoms with E-state index < -0.39 is 0 Å². The number of ketones is 1. The van der Waals surface area contributed by atoms with Crippen molar-refractivity contribution in [2.45, 2.75) is 26.4 Å². The highest BCUT2D eigenvalue weighted by molar-refractivity contribution is 5.93. The lowest BCUT2D eigenvalue weighted by Gasteiger charge is -2.65. The van der Waals surface area contributed by atoms with Gasteiger partial charge in [-0.25, -0.2) is 0 Å². The number of phenolic OH excluding ortho intramolecular Hbond substituents is 1. The van der Waals surface area contributed by atoms with Gasteiger partial charge in [0, 0.05) is 31.7 Å². The molecule has 4 heteroatoms. The van der Waals surface area contributed by atoms with Crippen molar-refractivity contribution in [2.75, 3.05) is 26.2 Å². The SMILES string of the molecule is CCC12CN3CC(C)(CN(C1)C3c1c(O)ccc3ccccc13)C2=O. The molecule has 2 aromatic carbocycles. The topological polar surface area (TPSA) is 43.8 Å². The van der Waals surface area contributed by atoms with Gasteiger partial charge >= 0.3 is 0 Å². The fraction of sp³-hybridized carbons (Fsp3) is 0.476. The molecule has 4 bridgehead atoms. The van der Waals surface area contributed by atoms with Gasteiger partial charge in [-0.2, -0.15) is 0 Å². The minimum absolute atomic E-state index is 0.0620. The Hall–Kier alpha value is -1.91. The summed E-state index contributed by atoms with van der Waals surface area (Å²) in [7, 11) is 0. The van der Waals surface area contributed by atoms with E-state index >= 15 is 0 Å². The minimum Gasteiger partial charge on any atom is -0.508 e. The van der Waals surface area contributed by atoms with Crippen LogP contribution >= 0.6 is 0 Å². The molecule has 0 amide bonds. The van der Waals surface area contributed by atoms with Gasteiger partial charge in [-0.05, 0) is 23.3 Å². The smallest absolute Gasteiger partial charge is 0.150 e. The molecule has 0 spiro atoms. The molecule has 4 nitrogen and oxygen atoms in total. The van der Waals surface area contributed by atoms with Crippen LogP contribution in [0.15, 0.2) is 36.4 Å². The molecule has 0 radical (unpaired) electrons. The van der Waals surface area contributed by atoms with Crippen molar-refractivity contribution in [3.63, 3.8) is 0 Å². The van der Waals surface area contributed by atoms with E-state index in [1.807, 2.05) is 24.3 Å². The number of piperidine rings is 2. The number of Topliss-reactive ketones (excluding diaryl/α,β-unsaturated/α-hetero) is 1. The van der Waals surface area contributed by atoms with Gasteiger partial charge in [-0.15, -0.1) is 0 Å². The summed E-state index contributed by atoms with van der Waals surface area (Å²) in [4.78, 5) is 17.9. The van der Waals surface area contributed by atoms with E-state index in [9.17, 15) is 9.90 Å². The third kappa shape index (κ3) is 1.87. The molecule has 4 aliphatic heterocycles. The molecule has 130 valence electrons. The highest BCUT2D eigenvalue weighted by Crippen LogP contribution is 2.55. The second kappa shape index (κ2) is 4.83. The Morgan fingerprint density at radius 3 is 2.44 bits per heavy atom. The van der Waals surface area contributed by atoms with E-state index in [-0.39, 0.29) is 17.0 Å². The molecule has 25 heavy (non-hydrogen) atoms. The van der Waals surface area contributed by atoms with Gasteiger partial charge in [-0.3, -0.25) is 14.6 Å². The average molecular weight is 336 g/mol. The Morgan fingerprint density at radius 2 is 1.76 bits per heavy atom. The summed E-state index contributed by atoms with van der Waals surface area (Å²) >= 11 is 0. The van der Waals surface area contributed by atoms with Crippen LogP contribution in [-0.2, 0) is 4.79 Å². The van der Waals surface area contributed by atoms with Gasteiger partial charge in [0.1, 0.15) is 11.5 Å². The second-order valence-corrected chi connectivity index (χ2v) is 8.43. The summed E-state index contributed by atoms with van der Waals surface area (Å²) in [5.41, 5.74) is 0.490. The number of rotatable bonds is 2.